The molecular formula is C20H24N8O. The average Bonchev–Trinajstić information content (AvgIpc) is 3.44. The third kappa shape index (κ3) is 3.39. The summed E-state index contributed by atoms with van der Waals surface area (Å²) in [6.45, 7) is 8.11. The van der Waals surface area contributed by atoms with Crippen LogP contribution in [0, 0.1) is 6.92 Å². The van der Waals surface area contributed by atoms with Crippen LogP contribution in [0.4, 0.5) is 0 Å². The van der Waals surface area contributed by atoms with E-state index in [1.165, 1.54) is 0 Å². The fraction of sp³-hybridized carbons (Fsp3) is 0.350. The molecule has 29 heavy (non-hydrogen) atoms. The van der Waals surface area contributed by atoms with E-state index in [2.05, 4.69) is 27.2 Å². The predicted octanol–water partition coefficient (Wildman–Crippen LogP) is 2.41. The Morgan fingerprint density at radius 1 is 1.17 bits per heavy atom. The number of rotatable bonds is 6. The Kier molecular flexibility index (Phi) is 4.87. The molecule has 150 valence electrons. The number of amides is 1. The Morgan fingerprint density at radius 3 is 2.69 bits per heavy atom. The van der Waals surface area contributed by atoms with Crippen molar-refractivity contribution < 1.29 is 4.79 Å². The van der Waals surface area contributed by atoms with Crippen LogP contribution < -0.4 is 0 Å². The highest BCUT2D eigenvalue weighted by Crippen LogP contribution is 2.23. The monoisotopic (exact) mass is 392 g/mol. The number of aryl methyl sites for hydroxylation is 2. The highest BCUT2D eigenvalue weighted by Gasteiger charge is 2.19. The van der Waals surface area contributed by atoms with Gasteiger partial charge in [0.05, 0.1) is 24.1 Å². The highest BCUT2D eigenvalue weighted by molar-refractivity contribution is 5.93. The first-order chi connectivity index (χ1) is 14.0. The second kappa shape index (κ2) is 7.50. The zero-order valence-corrected chi connectivity index (χ0v) is 17.1. The Bertz CT molecular complexity index is 1170. The normalized spacial score (nSPS) is 11.3. The van der Waals surface area contributed by atoms with E-state index >= 15 is 0 Å². The van der Waals surface area contributed by atoms with E-state index in [9.17, 15) is 4.79 Å². The Hall–Kier alpha value is -3.49. The molecule has 0 aliphatic heterocycles. The second-order valence-corrected chi connectivity index (χ2v) is 6.91. The van der Waals surface area contributed by atoms with Crippen LogP contribution in [0.3, 0.4) is 0 Å². The van der Waals surface area contributed by atoms with Crippen molar-refractivity contribution in [1.29, 1.82) is 0 Å². The summed E-state index contributed by atoms with van der Waals surface area (Å²) in [6.07, 6.45) is 5.46. The van der Waals surface area contributed by atoms with Gasteiger partial charge in [0.25, 0.3) is 5.91 Å². The molecule has 1 amide bonds. The largest absolute Gasteiger partial charge is 0.334 e. The number of carbonyl (C=O) groups excluding carboxylic acids is 1. The van der Waals surface area contributed by atoms with Gasteiger partial charge in [0, 0.05) is 49.9 Å². The van der Waals surface area contributed by atoms with Gasteiger partial charge in [-0.3, -0.25) is 14.2 Å². The molecular weight excluding hydrogens is 368 g/mol. The molecule has 9 nitrogen and oxygen atoms in total. The van der Waals surface area contributed by atoms with Gasteiger partial charge in [-0.1, -0.05) is 0 Å². The predicted molar refractivity (Wildman–Crippen MR) is 108 cm³/mol. The van der Waals surface area contributed by atoms with E-state index in [1.807, 2.05) is 47.7 Å². The molecule has 0 aliphatic rings. The summed E-state index contributed by atoms with van der Waals surface area (Å²) in [7, 11) is 1.75. The standard InChI is InChI=1S/C20H24N8O/c1-5-26-10-8-15(23-26)13-25(4)20(29)17-11-19-21-9-7-18(28(19)24-17)16-12-22-27(6-2)14(16)3/h7-12H,5-6,13H2,1-4H3. The van der Waals surface area contributed by atoms with E-state index in [0.29, 0.717) is 17.9 Å². The average molecular weight is 392 g/mol. The van der Waals surface area contributed by atoms with E-state index in [1.54, 1.807) is 28.7 Å². The summed E-state index contributed by atoms with van der Waals surface area (Å²) in [5, 5.41) is 13.4. The first-order valence-electron chi connectivity index (χ1n) is 9.67. The Morgan fingerprint density at radius 2 is 2.00 bits per heavy atom. The van der Waals surface area contributed by atoms with Gasteiger partial charge in [-0.2, -0.15) is 15.3 Å². The SMILES string of the molecule is CCn1ccc(CN(C)C(=O)c2cc3nccc(-c4cnn(CC)c4C)n3n2)n1. The number of nitrogens with zero attached hydrogens (tertiary/aromatic N) is 8. The zero-order valence-electron chi connectivity index (χ0n) is 17.1. The van der Waals surface area contributed by atoms with E-state index in [0.717, 1.165) is 35.7 Å². The van der Waals surface area contributed by atoms with Gasteiger partial charge < -0.3 is 4.90 Å². The van der Waals surface area contributed by atoms with Crippen molar-refractivity contribution >= 4 is 11.6 Å². The van der Waals surface area contributed by atoms with Gasteiger partial charge in [0.2, 0.25) is 0 Å². The Balaban J connectivity index is 1.64. The van der Waals surface area contributed by atoms with Crippen LogP contribution in [0.2, 0.25) is 0 Å². The molecule has 0 aromatic carbocycles. The van der Waals surface area contributed by atoms with Crippen molar-refractivity contribution in [1.82, 2.24) is 39.1 Å². The van der Waals surface area contributed by atoms with Gasteiger partial charge in [0.1, 0.15) is 0 Å². The van der Waals surface area contributed by atoms with Crippen LogP contribution in [0.1, 0.15) is 35.7 Å². The van der Waals surface area contributed by atoms with Crippen LogP contribution in [0.15, 0.2) is 36.8 Å². The molecule has 0 N–H and O–H groups in total. The number of fused-ring (bicyclic) bond motifs is 1. The molecule has 0 radical (unpaired) electrons. The summed E-state index contributed by atoms with van der Waals surface area (Å²) in [5.41, 5.74) is 4.69. The van der Waals surface area contributed by atoms with E-state index in [4.69, 9.17) is 0 Å². The number of carbonyl (C=O) groups is 1. The highest BCUT2D eigenvalue weighted by atomic mass is 16.2. The minimum atomic E-state index is -0.173. The lowest BCUT2D eigenvalue weighted by atomic mass is 10.2. The fourth-order valence-electron chi connectivity index (χ4n) is 3.40. The lowest BCUT2D eigenvalue weighted by molar-refractivity contribution is 0.0777. The molecule has 0 unspecified atom stereocenters. The second-order valence-electron chi connectivity index (χ2n) is 6.91. The zero-order chi connectivity index (χ0) is 20.5. The molecule has 4 heterocycles. The molecule has 0 saturated heterocycles. The third-order valence-electron chi connectivity index (χ3n) is 5.02. The minimum absolute atomic E-state index is 0.173. The van der Waals surface area contributed by atoms with Gasteiger partial charge >= 0.3 is 0 Å². The number of hydrogen-bond donors (Lipinski definition) is 0. The molecule has 0 atom stereocenters. The van der Waals surface area contributed by atoms with Gasteiger partial charge in [-0.25, -0.2) is 9.50 Å². The molecule has 0 saturated carbocycles. The van der Waals surface area contributed by atoms with Crippen molar-refractivity contribution in [2.75, 3.05) is 7.05 Å². The summed E-state index contributed by atoms with van der Waals surface area (Å²) < 4.78 is 5.48. The molecule has 9 heteroatoms. The van der Waals surface area contributed by atoms with Gasteiger partial charge in [-0.05, 0) is 32.9 Å². The first-order valence-corrected chi connectivity index (χ1v) is 9.67. The van der Waals surface area contributed by atoms with Crippen molar-refractivity contribution in [3.63, 3.8) is 0 Å². The lowest BCUT2D eigenvalue weighted by Gasteiger charge is -2.14. The first kappa shape index (κ1) is 18.9. The van der Waals surface area contributed by atoms with Gasteiger partial charge in [-0.15, -0.1) is 0 Å². The summed E-state index contributed by atoms with van der Waals surface area (Å²) >= 11 is 0. The van der Waals surface area contributed by atoms with Crippen molar-refractivity contribution in [3.05, 3.63) is 53.9 Å². The molecule has 0 fully saturated rings. The molecule has 4 aromatic rings. The summed E-state index contributed by atoms with van der Waals surface area (Å²) in [6, 6.07) is 5.52. The molecule has 4 aromatic heterocycles. The summed E-state index contributed by atoms with van der Waals surface area (Å²) in [5.74, 6) is -0.173. The smallest absolute Gasteiger partial charge is 0.274 e. The molecule has 0 bridgehead atoms. The topological polar surface area (TPSA) is 86.1 Å². The maximum atomic E-state index is 12.9. The molecule has 4 rings (SSSR count). The fourth-order valence-corrected chi connectivity index (χ4v) is 3.40. The van der Waals surface area contributed by atoms with Crippen molar-refractivity contribution in [2.24, 2.45) is 0 Å². The Labute approximate surface area is 168 Å². The maximum absolute atomic E-state index is 12.9. The van der Waals surface area contributed by atoms with Crippen molar-refractivity contribution in [2.45, 2.75) is 40.4 Å². The van der Waals surface area contributed by atoms with E-state index in [-0.39, 0.29) is 5.91 Å². The van der Waals surface area contributed by atoms with E-state index < -0.39 is 0 Å². The van der Waals surface area contributed by atoms with Crippen molar-refractivity contribution in [3.8, 4) is 11.3 Å². The third-order valence-corrected chi connectivity index (χ3v) is 5.02. The van der Waals surface area contributed by atoms with Gasteiger partial charge in [0.15, 0.2) is 11.3 Å². The summed E-state index contributed by atoms with van der Waals surface area (Å²) in [4.78, 5) is 18.9. The maximum Gasteiger partial charge on any atom is 0.274 e. The molecule has 0 aliphatic carbocycles. The van der Waals surface area contributed by atoms with Crippen LogP contribution in [-0.4, -0.2) is 52.0 Å². The lowest BCUT2D eigenvalue weighted by Crippen LogP contribution is -2.27. The number of hydrogen-bond acceptors (Lipinski definition) is 5. The quantitative estimate of drug-likeness (QED) is 0.503. The van der Waals surface area contributed by atoms with Crippen LogP contribution in [0.5, 0.6) is 0 Å². The van der Waals surface area contributed by atoms with Crippen LogP contribution in [-0.2, 0) is 19.6 Å². The number of aromatic nitrogens is 7. The molecule has 0 spiro atoms. The van der Waals surface area contributed by atoms with Crippen LogP contribution >= 0.6 is 0 Å². The minimum Gasteiger partial charge on any atom is -0.334 e. The van der Waals surface area contributed by atoms with Crippen LogP contribution in [0.25, 0.3) is 16.9 Å².